The summed E-state index contributed by atoms with van der Waals surface area (Å²) >= 11 is 0. The van der Waals surface area contributed by atoms with E-state index in [1.165, 1.54) is 19.3 Å². The highest BCUT2D eigenvalue weighted by atomic mass is 32.2. The van der Waals surface area contributed by atoms with E-state index in [0.29, 0.717) is 56.3 Å². The van der Waals surface area contributed by atoms with Crippen molar-refractivity contribution in [3.05, 3.63) is 10.1 Å². The van der Waals surface area contributed by atoms with Gasteiger partial charge in [-0.05, 0) is 87.4 Å². The van der Waals surface area contributed by atoms with Crippen LogP contribution in [0.4, 0.5) is 0 Å². The lowest BCUT2D eigenvalue weighted by Gasteiger charge is -2.55. The second kappa shape index (κ2) is 14.2. The van der Waals surface area contributed by atoms with Crippen molar-refractivity contribution in [2.24, 2.45) is 29.6 Å². The van der Waals surface area contributed by atoms with Crippen LogP contribution in [0.2, 0.25) is 0 Å². The fraction of sp³-hybridized carbons (Fsp3) is 1.00. The maximum absolute atomic E-state index is 13.4. The third-order valence-corrected chi connectivity index (χ3v) is 11.8. The van der Waals surface area contributed by atoms with E-state index in [-0.39, 0.29) is 35.6 Å². The molecule has 0 N–H and O–H groups in total. The van der Waals surface area contributed by atoms with Crippen molar-refractivity contribution in [1.29, 1.82) is 0 Å². The molecule has 4 saturated carbocycles. The molecule has 0 bridgehead atoms. The summed E-state index contributed by atoms with van der Waals surface area (Å²) in [6.07, 6.45) is 13.8. The zero-order chi connectivity index (χ0) is 27.1. The maximum Gasteiger partial charge on any atom is 0.270 e. The molecule has 4 fully saturated rings. The first-order valence-corrected chi connectivity index (χ1v) is 17.1. The van der Waals surface area contributed by atoms with Gasteiger partial charge in [0.15, 0.2) is 0 Å². The van der Waals surface area contributed by atoms with Gasteiger partial charge in [0.25, 0.3) is 10.1 Å². The lowest BCUT2D eigenvalue weighted by molar-refractivity contribution is -0.527. The smallest absolute Gasteiger partial charge is 0.270 e. The number of unbranched alkanes of at least 4 members (excludes halogenated alkanes) is 2. The predicted octanol–water partition coefficient (Wildman–Crippen LogP) is 6.14. The topological polar surface area (TPSA) is 105 Å². The van der Waals surface area contributed by atoms with E-state index < -0.39 is 21.4 Å². The summed E-state index contributed by atoms with van der Waals surface area (Å²) in [5, 5.41) is 10.5. The molecular formula is C29H51NO7S. The molecule has 0 aliphatic heterocycles. The summed E-state index contributed by atoms with van der Waals surface area (Å²) in [6.45, 7) is 6.06. The van der Waals surface area contributed by atoms with Crippen LogP contribution in [0.25, 0.3) is 0 Å². The Morgan fingerprint density at radius 1 is 0.763 bits per heavy atom. The molecule has 0 spiro atoms. The Kier molecular flexibility index (Phi) is 11.3. The molecule has 7 atom stereocenters. The molecule has 9 heteroatoms. The van der Waals surface area contributed by atoms with Gasteiger partial charge < -0.3 is 9.47 Å². The summed E-state index contributed by atoms with van der Waals surface area (Å²) in [5.74, 6) is 1.59. The van der Waals surface area contributed by atoms with Crippen LogP contribution in [-0.4, -0.2) is 56.7 Å². The van der Waals surface area contributed by atoms with Crippen LogP contribution in [0.5, 0.6) is 0 Å². The van der Waals surface area contributed by atoms with Crippen LogP contribution in [0, 0.1) is 39.7 Å². The minimum absolute atomic E-state index is 0.0801. The van der Waals surface area contributed by atoms with Gasteiger partial charge in [0, 0.05) is 31.0 Å². The SMILES string of the molecule is CCCCOC1C2CCCCC2C(OCCCC)C2CC(S(=O)(=O)OCC3CCC([N+](=O)[O-])CC3)CCC21. The molecule has 0 aromatic carbocycles. The third-order valence-electron chi connectivity index (χ3n) is 10.1. The average Bonchev–Trinajstić information content (AvgIpc) is 2.93. The highest BCUT2D eigenvalue weighted by Gasteiger charge is 2.54. The molecule has 0 heterocycles. The molecule has 0 saturated heterocycles. The van der Waals surface area contributed by atoms with E-state index in [1.807, 2.05) is 0 Å². The van der Waals surface area contributed by atoms with Crippen molar-refractivity contribution in [2.45, 2.75) is 134 Å². The summed E-state index contributed by atoms with van der Waals surface area (Å²) in [4.78, 5) is 10.9. The number of rotatable bonds is 13. The van der Waals surface area contributed by atoms with Gasteiger partial charge >= 0.3 is 0 Å². The maximum atomic E-state index is 13.4. The molecule has 0 amide bonds. The van der Waals surface area contributed by atoms with Crippen LogP contribution in [0.3, 0.4) is 0 Å². The first-order valence-electron chi connectivity index (χ1n) is 15.6. The van der Waals surface area contributed by atoms with Crippen LogP contribution in [0.1, 0.15) is 110 Å². The highest BCUT2D eigenvalue weighted by Crippen LogP contribution is 2.53. The van der Waals surface area contributed by atoms with E-state index in [1.54, 1.807) is 0 Å². The van der Waals surface area contributed by atoms with Crippen molar-refractivity contribution in [3.8, 4) is 0 Å². The average molecular weight is 558 g/mol. The summed E-state index contributed by atoms with van der Waals surface area (Å²) < 4.78 is 45.8. The standard InChI is InChI=1S/C29H51NO7S/c1-3-5-17-35-28-24-9-7-8-10-25(24)29(36-18-6-4-2)27-19-23(15-16-26(27)28)38(33,34)37-20-21-11-13-22(14-12-21)30(31)32/h21-29H,3-20H2,1-2H3. The number of nitrogens with zero attached hydrogens (tertiary/aromatic N) is 1. The van der Waals surface area contributed by atoms with Gasteiger partial charge in [-0.15, -0.1) is 0 Å². The molecule has 0 radical (unpaired) electrons. The second-order valence-electron chi connectivity index (χ2n) is 12.5. The number of hydrogen-bond donors (Lipinski definition) is 0. The Labute approximate surface area is 230 Å². The Hall–Kier alpha value is -0.770. The number of nitro groups is 1. The van der Waals surface area contributed by atoms with Gasteiger partial charge in [0.05, 0.1) is 24.1 Å². The van der Waals surface area contributed by atoms with Crippen molar-refractivity contribution >= 4 is 10.1 Å². The summed E-state index contributed by atoms with van der Waals surface area (Å²) in [5.41, 5.74) is 0. The van der Waals surface area contributed by atoms with Crippen molar-refractivity contribution < 1.29 is 27.0 Å². The fourth-order valence-electron chi connectivity index (χ4n) is 7.91. The monoisotopic (exact) mass is 557 g/mol. The minimum Gasteiger partial charge on any atom is -0.378 e. The Morgan fingerprint density at radius 3 is 1.87 bits per heavy atom. The molecule has 38 heavy (non-hydrogen) atoms. The quantitative estimate of drug-likeness (QED) is 0.116. The molecule has 4 aliphatic carbocycles. The van der Waals surface area contributed by atoms with Gasteiger partial charge in [-0.1, -0.05) is 39.5 Å². The van der Waals surface area contributed by atoms with Crippen molar-refractivity contribution in [2.75, 3.05) is 19.8 Å². The van der Waals surface area contributed by atoms with Gasteiger partial charge in [-0.2, -0.15) is 8.42 Å². The Morgan fingerprint density at radius 2 is 1.32 bits per heavy atom. The van der Waals surface area contributed by atoms with E-state index in [2.05, 4.69) is 13.8 Å². The Bertz CT molecular complexity index is 844. The van der Waals surface area contributed by atoms with Crippen LogP contribution < -0.4 is 0 Å². The molecule has 0 aromatic heterocycles. The zero-order valence-corrected chi connectivity index (χ0v) is 24.5. The second-order valence-corrected chi connectivity index (χ2v) is 14.4. The van der Waals surface area contributed by atoms with Gasteiger partial charge in [0.1, 0.15) is 0 Å². The van der Waals surface area contributed by atoms with Crippen molar-refractivity contribution in [1.82, 2.24) is 0 Å². The Balaban J connectivity index is 1.44. The molecule has 8 nitrogen and oxygen atoms in total. The number of hydrogen-bond acceptors (Lipinski definition) is 7. The largest absolute Gasteiger partial charge is 0.378 e. The van der Waals surface area contributed by atoms with E-state index >= 15 is 0 Å². The number of fused-ring (bicyclic) bond motifs is 2. The molecular weight excluding hydrogens is 506 g/mol. The summed E-state index contributed by atoms with van der Waals surface area (Å²) in [7, 11) is -3.71. The fourth-order valence-corrected chi connectivity index (χ4v) is 9.36. The lowest BCUT2D eigenvalue weighted by Crippen LogP contribution is -2.57. The predicted molar refractivity (Wildman–Crippen MR) is 147 cm³/mol. The first kappa shape index (κ1) is 30.2. The minimum atomic E-state index is -3.71. The highest BCUT2D eigenvalue weighted by molar-refractivity contribution is 7.87. The van der Waals surface area contributed by atoms with E-state index in [4.69, 9.17) is 13.7 Å². The summed E-state index contributed by atoms with van der Waals surface area (Å²) in [6, 6.07) is -0.495. The van der Waals surface area contributed by atoms with Crippen LogP contribution in [-0.2, 0) is 23.8 Å². The van der Waals surface area contributed by atoms with Gasteiger partial charge in [0.2, 0.25) is 6.04 Å². The third kappa shape index (κ3) is 7.29. The van der Waals surface area contributed by atoms with Crippen molar-refractivity contribution in [3.63, 3.8) is 0 Å². The van der Waals surface area contributed by atoms with Crippen LogP contribution >= 0.6 is 0 Å². The molecule has 0 aromatic rings. The molecule has 220 valence electrons. The normalized spacial score (nSPS) is 37.8. The van der Waals surface area contributed by atoms with Crippen LogP contribution in [0.15, 0.2) is 0 Å². The van der Waals surface area contributed by atoms with E-state index in [9.17, 15) is 18.5 Å². The molecule has 4 aliphatic rings. The molecule has 7 unspecified atom stereocenters. The zero-order valence-electron chi connectivity index (χ0n) is 23.6. The van der Waals surface area contributed by atoms with E-state index in [0.717, 1.165) is 51.7 Å². The van der Waals surface area contributed by atoms with Gasteiger partial charge in [-0.3, -0.25) is 14.3 Å². The molecule has 4 rings (SSSR count). The van der Waals surface area contributed by atoms with Gasteiger partial charge in [-0.25, -0.2) is 0 Å². The number of ether oxygens (including phenoxy) is 2. The first-order chi connectivity index (χ1) is 18.4. The lowest BCUT2D eigenvalue weighted by atomic mass is 9.56.